The van der Waals surface area contributed by atoms with Gasteiger partial charge >= 0.3 is 12.3 Å². The minimum absolute atomic E-state index is 0.158. The fraction of sp³-hybridized carbons (Fsp3) is 0.364. The van der Waals surface area contributed by atoms with Gasteiger partial charge in [0.1, 0.15) is 18.2 Å². The van der Waals surface area contributed by atoms with E-state index in [4.69, 9.17) is 4.74 Å². The monoisotopic (exact) mass is 520 g/mol. The maximum atomic E-state index is 14.6. The highest BCUT2D eigenvalue weighted by molar-refractivity contribution is 7.91. The third-order valence-electron chi connectivity index (χ3n) is 5.39. The summed E-state index contributed by atoms with van der Waals surface area (Å²) >= 11 is 0. The Balaban J connectivity index is 1.92. The fourth-order valence-corrected chi connectivity index (χ4v) is 5.68. The zero-order valence-corrected chi connectivity index (χ0v) is 19.1. The van der Waals surface area contributed by atoms with Crippen molar-refractivity contribution >= 4 is 21.8 Å². The molecule has 2 unspecified atom stereocenters. The van der Waals surface area contributed by atoms with Crippen molar-refractivity contribution in [3.8, 4) is 0 Å². The highest BCUT2D eigenvalue weighted by atomic mass is 32.2. The van der Waals surface area contributed by atoms with Gasteiger partial charge in [-0.2, -0.15) is 13.2 Å². The van der Waals surface area contributed by atoms with Gasteiger partial charge < -0.3 is 10.1 Å². The molecular formula is C22H21F5N2O5S. The van der Waals surface area contributed by atoms with Gasteiger partial charge in [0.25, 0.3) is 0 Å². The molecule has 0 spiro atoms. The van der Waals surface area contributed by atoms with Crippen molar-refractivity contribution in [3.05, 3.63) is 65.2 Å². The second-order valence-electron chi connectivity index (χ2n) is 7.98. The summed E-state index contributed by atoms with van der Waals surface area (Å²) in [6.45, 7) is 0.844. The average molecular weight is 520 g/mol. The first kappa shape index (κ1) is 26.4. The van der Waals surface area contributed by atoms with Crippen molar-refractivity contribution in [2.45, 2.75) is 23.2 Å². The first-order chi connectivity index (χ1) is 16.3. The predicted molar refractivity (Wildman–Crippen MR) is 113 cm³/mol. The smallest absolute Gasteiger partial charge is 0.416 e. The van der Waals surface area contributed by atoms with E-state index < -0.39 is 73.4 Å². The number of nitrogens with one attached hydrogen (secondary N) is 1. The van der Waals surface area contributed by atoms with Crippen molar-refractivity contribution in [3.63, 3.8) is 0 Å². The van der Waals surface area contributed by atoms with Crippen LogP contribution in [0.15, 0.2) is 47.4 Å². The first-order valence-corrected chi connectivity index (χ1v) is 11.9. The van der Waals surface area contributed by atoms with Gasteiger partial charge in [-0.25, -0.2) is 22.0 Å². The van der Waals surface area contributed by atoms with Crippen LogP contribution in [0.4, 0.5) is 26.7 Å². The van der Waals surface area contributed by atoms with Crippen molar-refractivity contribution in [1.82, 2.24) is 10.2 Å². The molecule has 2 aromatic rings. The van der Waals surface area contributed by atoms with E-state index in [0.717, 1.165) is 29.2 Å². The van der Waals surface area contributed by atoms with Gasteiger partial charge in [0.15, 0.2) is 9.84 Å². The van der Waals surface area contributed by atoms with Crippen LogP contribution in [0.1, 0.15) is 23.3 Å². The van der Waals surface area contributed by atoms with E-state index in [2.05, 4.69) is 5.32 Å². The molecule has 0 saturated carbocycles. The van der Waals surface area contributed by atoms with Gasteiger partial charge in [0, 0.05) is 24.6 Å². The summed E-state index contributed by atoms with van der Waals surface area (Å²) in [5.74, 6) is -3.55. The number of benzene rings is 2. The molecule has 0 radical (unpaired) electrons. The summed E-state index contributed by atoms with van der Waals surface area (Å²) in [6.07, 6.45) is -5.61. The molecule has 190 valence electrons. The van der Waals surface area contributed by atoms with Gasteiger partial charge in [-0.15, -0.1) is 0 Å². The molecule has 35 heavy (non-hydrogen) atoms. The molecule has 7 nitrogen and oxygen atoms in total. The van der Waals surface area contributed by atoms with Crippen LogP contribution in [-0.2, 0) is 25.5 Å². The Hall–Kier alpha value is -3.22. The standard InChI is InChI=1S/C22H21F5N2O5S/c1-13(12-34-21(31)29-9-8-28-19(30)11-29)20(17-10-15(23)4-7-18(17)24)35(32,33)16-5-2-14(3-6-16)22(25,26)27/h2-7,10,13,20H,8-9,11-12H2,1H3,(H,28,30). The molecule has 2 aromatic carbocycles. The van der Waals surface area contributed by atoms with E-state index in [1.165, 1.54) is 6.92 Å². The summed E-state index contributed by atoms with van der Waals surface area (Å²) < 4.78 is 99.2. The molecule has 1 heterocycles. The number of rotatable bonds is 6. The predicted octanol–water partition coefficient (Wildman–Crippen LogP) is 3.70. The quantitative estimate of drug-likeness (QED) is 0.587. The van der Waals surface area contributed by atoms with Gasteiger partial charge in [-0.1, -0.05) is 6.92 Å². The molecule has 1 aliphatic heterocycles. The Bertz CT molecular complexity index is 1200. The number of nitrogens with zero attached hydrogens (tertiary/aromatic N) is 1. The van der Waals surface area contributed by atoms with E-state index in [1.54, 1.807) is 0 Å². The van der Waals surface area contributed by atoms with E-state index in [1.807, 2.05) is 0 Å². The number of halogens is 5. The van der Waals surface area contributed by atoms with Crippen molar-refractivity contribution < 1.29 is 44.7 Å². The number of amides is 2. The number of sulfone groups is 1. The minimum atomic E-state index is -4.71. The fourth-order valence-electron chi connectivity index (χ4n) is 3.67. The van der Waals surface area contributed by atoms with E-state index >= 15 is 0 Å². The summed E-state index contributed by atoms with van der Waals surface area (Å²) in [5, 5.41) is 0.720. The molecule has 2 amide bonds. The molecule has 0 bridgehead atoms. The van der Waals surface area contributed by atoms with E-state index in [0.29, 0.717) is 18.2 Å². The zero-order valence-electron chi connectivity index (χ0n) is 18.3. The van der Waals surface area contributed by atoms with E-state index in [-0.39, 0.29) is 19.6 Å². The first-order valence-electron chi connectivity index (χ1n) is 10.3. The second kappa shape index (κ2) is 10.2. The van der Waals surface area contributed by atoms with Gasteiger partial charge in [0.05, 0.1) is 22.3 Å². The third kappa shape index (κ3) is 6.08. The Morgan fingerprint density at radius 1 is 1.14 bits per heavy atom. The van der Waals surface area contributed by atoms with Crippen LogP contribution in [0.2, 0.25) is 0 Å². The molecule has 13 heteroatoms. The maximum Gasteiger partial charge on any atom is 0.416 e. The molecule has 1 saturated heterocycles. The van der Waals surface area contributed by atoms with Crippen molar-refractivity contribution in [2.75, 3.05) is 26.2 Å². The lowest BCUT2D eigenvalue weighted by Crippen LogP contribution is -2.50. The van der Waals surface area contributed by atoms with Crippen molar-refractivity contribution in [1.29, 1.82) is 0 Å². The normalized spacial score (nSPS) is 16.4. The van der Waals surface area contributed by atoms with Crippen LogP contribution in [0.5, 0.6) is 0 Å². The topological polar surface area (TPSA) is 92.8 Å². The summed E-state index contributed by atoms with van der Waals surface area (Å²) in [7, 11) is -4.58. The summed E-state index contributed by atoms with van der Waals surface area (Å²) in [5.41, 5.74) is -1.65. The molecular weight excluding hydrogens is 499 g/mol. The molecule has 1 N–H and O–H groups in total. The number of ether oxygens (including phenoxy) is 1. The number of hydrogen-bond donors (Lipinski definition) is 1. The SMILES string of the molecule is CC(COC(=O)N1CCNC(=O)C1)C(c1cc(F)ccc1F)S(=O)(=O)c1ccc(C(F)(F)F)cc1. The number of alkyl halides is 3. The molecule has 1 aliphatic rings. The Morgan fingerprint density at radius 3 is 2.40 bits per heavy atom. The Labute approximate surface area is 197 Å². The van der Waals surface area contributed by atoms with Crippen LogP contribution in [-0.4, -0.2) is 51.6 Å². The molecule has 2 atom stereocenters. The highest BCUT2D eigenvalue weighted by Crippen LogP contribution is 2.38. The van der Waals surface area contributed by atoms with E-state index in [9.17, 15) is 40.0 Å². The van der Waals surface area contributed by atoms with Gasteiger partial charge in [-0.05, 0) is 42.5 Å². The largest absolute Gasteiger partial charge is 0.449 e. The molecule has 0 aromatic heterocycles. The molecule has 3 rings (SSSR count). The zero-order chi connectivity index (χ0) is 26.0. The second-order valence-corrected chi connectivity index (χ2v) is 10.0. The lowest BCUT2D eigenvalue weighted by molar-refractivity contribution is -0.137. The third-order valence-corrected chi connectivity index (χ3v) is 7.71. The van der Waals surface area contributed by atoms with Crippen LogP contribution >= 0.6 is 0 Å². The highest BCUT2D eigenvalue weighted by Gasteiger charge is 2.38. The van der Waals surface area contributed by atoms with Gasteiger partial charge in [0.2, 0.25) is 5.91 Å². The molecule has 0 aliphatic carbocycles. The van der Waals surface area contributed by atoms with Crippen LogP contribution in [0.25, 0.3) is 0 Å². The molecule has 1 fully saturated rings. The summed E-state index contributed by atoms with van der Waals surface area (Å²) in [6, 6.07) is 4.78. The Kier molecular flexibility index (Phi) is 7.68. The number of piperazine rings is 1. The lowest BCUT2D eigenvalue weighted by atomic mass is 10.0. The summed E-state index contributed by atoms with van der Waals surface area (Å²) in [4.78, 5) is 24.3. The Morgan fingerprint density at radius 2 is 1.80 bits per heavy atom. The number of carbonyl (C=O) groups is 2. The van der Waals surface area contributed by atoms with Crippen LogP contribution in [0, 0.1) is 17.6 Å². The minimum Gasteiger partial charge on any atom is -0.449 e. The van der Waals surface area contributed by atoms with Crippen LogP contribution in [0.3, 0.4) is 0 Å². The number of carbonyl (C=O) groups excluding carboxylic acids is 2. The van der Waals surface area contributed by atoms with Crippen molar-refractivity contribution in [2.24, 2.45) is 5.92 Å². The lowest BCUT2D eigenvalue weighted by Gasteiger charge is -2.28. The average Bonchev–Trinajstić information content (AvgIpc) is 2.79. The maximum absolute atomic E-state index is 14.6. The van der Waals surface area contributed by atoms with Gasteiger partial charge in [-0.3, -0.25) is 9.69 Å². The van der Waals surface area contributed by atoms with Crippen LogP contribution < -0.4 is 5.32 Å². The number of hydrogen-bond acceptors (Lipinski definition) is 5.